The maximum atomic E-state index is 5.61. The summed E-state index contributed by atoms with van der Waals surface area (Å²) in [6.45, 7) is 8.05. The van der Waals surface area contributed by atoms with Crippen LogP contribution >= 0.6 is 0 Å². The highest BCUT2D eigenvalue weighted by atomic mass is 16.7. The van der Waals surface area contributed by atoms with Crippen LogP contribution in [-0.2, 0) is 16.0 Å². The molecule has 3 N–H and O–H groups in total. The van der Waals surface area contributed by atoms with Gasteiger partial charge in [-0.15, -0.1) is 0 Å². The summed E-state index contributed by atoms with van der Waals surface area (Å²) in [7, 11) is 0. The van der Waals surface area contributed by atoms with E-state index in [2.05, 4.69) is 29.6 Å². The Labute approximate surface area is 135 Å². The molecule has 4 heteroatoms. The third-order valence-corrected chi connectivity index (χ3v) is 3.52. The maximum absolute atomic E-state index is 5.61. The normalized spacial score (nSPS) is 11.3. The molecular weight excluding hydrogens is 276 g/mol. The van der Waals surface area contributed by atoms with Crippen molar-refractivity contribution in [1.82, 2.24) is 5.32 Å². The average molecular weight is 308 g/mol. The fourth-order valence-electron chi connectivity index (χ4n) is 2.32. The Morgan fingerprint density at radius 3 is 2.18 bits per heavy atom. The van der Waals surface area contributed by atoms with Gasteiger partial charge in [0, 0.05) is 25.3 Å². The van der Waals surface area contributed by atoms with Gasteiger partial charge in [-0.1, -0.05) is 37.1 Å². The first-order valence-corrected chi connectivity index (χ1v) is 8.54. The lowest BCUT2D eigenvalue weighted by molar-refractivity contribution is -0.140. The first-order chi connectivity index (χ1) is 10.8. The lowest BCUT2D eigenvalue weighted by Crippen LogP contribution is -2.15. The van der Waals surface area contributed by atoms with E-state index < -0.39 is 0 Å². The largest absolute Gasteiger partial charge is 0.349 e. The van der Waals surface area contributed by atoms with Crippen molar-refractivity contribution in [3.05, 3.63) is 35.4 Å². The van der Waals surface area contributed by atoms with Crippen LogP contribution in [-0.4, -0.2) is 26.3 Å². The molecule has 1 aromatic rings. The smallest absolute Gasteiger partial charge is 0.183 e. The minimum atomic E-state index is -0.250. The molecule has 0 saturated heterocycles. The molecule has 0 aliphatic carbocycles. The third kappa shape index (κ3) is 7.90. The summed E-state index contributed by atoms with van der Waals surface area (Å²) in [4.78, 5) is 0. The van der Waals surface area contributed by atoms with Crippen LogP contribution < -0.4 is 11.1 Å². The zero-order valence-electron chi connectivity index (χ0n) is 14.1. The Kier molecular flexibility index (Phi) is 10.9. The van der Waals surface area contributed by atoms with E-state index in [0.717, 1.165) is 31.6 Å². The van der Waals surface area contributed by atoms with Gasteiger partial charge in [-0.25, -0.2) is 0 Å². The van der Waals surface area contributed by atoms with E-state index in [-0.39, 0.29) is 6.29 Å². The molecule has 0 unspecified atom stereocenters. The van der Waals surface area contributed by atoms with Gasteiger partial charge in [-0.3, -0.25) is 0 Å². The van der Waals surface area contributed by atoms with Crippen molar-refractivity contribution >= 4 is 0 Å². The topological polar surface area (TPSA) is 56.5 Å². The molecule has 0 aromatic heterocycles. The van der Waals surface area contributed by atoms with Crippen molar-refractivity contribution < 1.29 is 9.47 Å². The van der Waals surface area contributed by atoms with Gasteiger partial charge in [0.15, 0.2) is 6.29 Å². The molecule has 4 nitrogen and oxygen atoms in total. The Bertz CT molecular complexity index is 362. The highest BCUT2D eigenvalue weighted by Crippen LogP contribution is 2.19. The summed E-state index contributed by atoms with van der Waals surface area (Å²) in [6.07, 6.45) is 4.60. The van der Waals surface area contributed by atoms with Crippen molar-refractivity contribution in [1.29, 1.82) is 0 Å². The van der Waals surface area contributed by atoms with Crippen LogP contribution in [0.3, 0.4) is 0 Å². The Morgan fingerprint density at radius 2 is 1.59 bits per heavy atom. The van der Waals surface area contributed by atoms with Gasteiger partial charge in [0.2, 0.25) is 0 Å². The van der Waals surface area contributed by atoms with Gasteiger partial charge >= 0.3 is 0 Å². The van der Waals surface area contributed by atoms with Crippen molar-refractivity contribution in [3.8, 4) is 0 Å². The van der Waals surface area contributed by atoms with Gasteiger partial charge in [-0.2, -0.15) is 0 Å². The molecule has 0 radical (unpaired) electrons. The second kappa shape index (κ2) is 12.6. The highest BCUT2D eigenvalue weighted by molar-refractivity contribution is 5.23. The minimum Gasteiger partial charge on any atom is -0.349 e. The van der Waals surface area contributed by atoms with E-state index >= 15 is 0 Å². The number of unbranched alkanes of at least 4 members (excludes halogenated alkanes) is 3. The van der Waals surface area contributed by atoms with E-state index in [0.29, 0.717) is 13.2 Å². The van der Waals surface area contributed by atoms with Crippen molar-refractivity contribution in [2.45, 2.75) is 52.4 Å². The molecule has 0 amide bonds. The number of nitrogens with one attached hydrogen (secondary N) is 1. The van der Waals surface area contributed by atoms with E-state index in [4.69, 9.17) is 15.2 Å². The molecule has 0 spiro atoms. The molecular formula is C18H32N2O2. The molecule has 0 bridgehead atoms. The van der Waals surface area contributed by atoms with Crippen molar-refractivity contribution in [3.63, 3.8) is 0 Å². The number of ether oxygens (including phenoxy) is 2. The molecule has 0 saturated carbocycles. The van der Waals surface area contributed by atoms with Crippen LogP contribution in [0.25, 0.3) is 0 Å². The zero-order chi connectivity index (χ0) is 16.0. The Hall–Kier alpha value is -0.940. The summed E-state index contributed by atoms with van der Waals surface area (Å²) >= 11 is 0. The SMILES string of the molecule is CCOC(OCC)c1ccc(CNCCCCCCN)cc1. The Morgan fingerprint density at radius 1 is 0.955 bits per heavy atom. The Balaban J connectivity index is 2.28. The van der Waals surface area contributed by atoms with E-state index in [1.54, 1.807) is 0 Å². The number of rotatable bonds is 13. The average Bonchev–Trinajstić information content (AvgIpc) is 2.54. The number of nitrogens with two attached hydrogens (primary N) is 1. The second-order valence-electron chi connectivity index (χ2n) is 5.36. The molecule has 0 fully saturated rings. The van der Waals surface area contributed by atoms with Gasteiger partial charge < -0.3 is 20.5 Å². The van der Waals surface area contributed by atoms with Gasteiger partial charge in [0.05, 0.1) is 0 Å². The maximum Gasteiger partial charge on any atom is 0.183 e. The van der Waals surface area contributed by atoms with Crippen LogP contribution in [0.4, 0.5) is 0 Å². The van der Waals surface area contributed by atoms with Crippen LogP contribution in [0.1, 0.15) is 56.9 Å². The minimum absolute atomic E-state index is 0.250. The summed E-state index contributed by atoms with van der Waals surface area (Å²) in [5, 5.41) is 3.48. The quantitative estimate of drug-likeness (QED) is 0.433. The van der Waals surface area contributed by atoms with Crippen LogP contribution in [0.5, 0.6) is 0 Å². The molecule has 0 atom stereocenters. The fourth-order valence-corrected chi connectivity index (χ4v) is 2.32. The van der Waals surface area contributed by atoms with E-state index in [1.165, 1.54) is 24.8 Å². The lowest BCUT2D eigenvalue weighted by Gasteiger charge is -2.17. The first kappa shape index (κ1) is 19.1. The summed E-state index contributed by atoms with van der Waals surface area (Å²) in [5.74, 6) is 0. The molecule has 22 heavy (non-hydrogen) atoms. The van der Waals surface area contributed by atoms with Crippen LogP contribution in [0.2, 0.25) is 0 Å². The lowest BCUT2D eigenvalue weighted by atomic mass is 10.1. The fraction of sp³-hybridized carbons (Fsp3) is 0.667. The molecule has 126 valence electrons. The standard InChI is InChI=1S/C18H32N2O2/c1-3-21-18(22-4-2)17-11-9-16(10-12-17)15-20-14-8-6-5-7-13-19/h9-12,18,20H,3-8,13-15,19H2,1-2H3. The molecule has 1 aromatic carbocycles. The van der Waals surface area contributed by atoms with E-state index in [1.807, 2.05) is 13.8 Å². The first-order valence-electron chi connectivity index (χ1n) is 8.54. The van der Waals surface area contributed by atoms with Crippen molar-refractivity contribution in [2.24, 2.45) is 5.73 Å². The van der Waals surface area contributed by atoms with Gasteiger partial charge in [-0.05, 0) is 45.3 Å². The third-order valence-electron chi connectivity index (χ3n) is 3.52. The van der Waals surface area contributed by atoms with Crippen molar-refractivity contribution in [2.75, 3.05) is 26.3 Å². The molecule has 0 heterocycles. The van der Waals surface area contributed by atoms with Gasteiger partial charge in [0.1, 0.15) is 0 Å². The summed E-state index contributed by atoms with van der Waals surface area (Å²) < 4.78 is 11.2. The second-order valence-corrected chi connectivity index (χ2v) is 5.36. The highest BCUT2D eigenvalue weighted by Gasteiger charge is 2.10. The molecule has 1 rings (SSSR count). The van der Waals surface area contributed by atoms with Crippen LogP contribution in [0.15, 0.2) is 24.3 Å². The number of hydrogen-bond donors (Lipinski definition) is 2. The van der Waals surface area contributed by atoms with Gasteiger partial charge in [0.25, 0.3) is 0 Å². The monoisotopic (exact) mass is 308 g/mol. The predicted octanol–water partition coefficient (Wildman–Crippen LogP) is 3.37. The summed E-state index contributed by atoms with van der Waals surface area (Å²) in [6, 6.07) is 8.46. The zero-order valence-corrected chi connectivity index (χ0v) is 14.1. The summed E-state index contributed by atoms with van der Waals surface area (Å²) in [5.41, 5.74) is 7.85. The predicted molar refractivity (Wildman–Crippen MR) is 91.7 cm³/mol. The molecule has 0 aliphatic rings. The number of benzene rings is 1. The number of hydrogen-bond acceptors (Lipinski definition) is 4. The van der Waals surface area contributed by atoms with Crippen LogP contribution in [0, 0.1) is 0 Å². The molecule has 0 aliphatic heterocycles. The van der Waals surface area contributed by atoms with E-state index in [9.17, 15) is 0 Å².